The van der Waals surface area contributed by atoms with Gasteiger partial charge in [-0.3, -0.25) is 4.79 Å². The van der Waals surface area contributed by atoms with Crippen LogP contribution in [0.15, 0.2) is 12.7 Å². The lowest BCUT2D eigenvalue weighted by molar-refractivity contribution is -0.107. The van der Waals surface area contributed by atoms with E-state index in [1.807, 2.05) is 11.8 Å². The monoisotopic (exact) mass is 308 g/mol. The van der Waals surface area contributed by atoms with E-state index in [0.29, 0.717) is 0 Å². The third-order valence-corrected chi connectivity index (χ3v) is 7.51. The molecule has 0 amide bonds. The Balaban J connectivity index is 1.94. The van der Waals surface area contributed by atoms with Crippen molar-refractivity contribution >= 4 is 52.2 Å². The SMILES string of the molecule is C=CC(=O)SCCCSC(C)CC1CSCS1. The fraction of sp³-hybridized carbons (Fsp3) is 0.750. The predicted molar refractivity (Wildman–Crippen MR) is 87.5 cm³/mol. The Morgan fingerprint density at radius 1 is 1.59 bits per heavy atom. The van der Waals surface area contributed by atoms with Crippen molar-refractivity contribution < 1.29 is 4.79 Å². The second-order valence-corrected chi connectivity index (χ2v) is 9.25. The van der Waals surface area contributed by atoms with Crippen molar-refractivity contribution in [3.8, 4) is 0 Å². The molecule has 2 atom stereocenters. The Labute approximate surface area is 122 Å². The van der Waals surface area contributed by atoms with Gasteiger partial charge in [0.1, 0.15) is 0 Å². The van der Waals surface area contributed by atoms with E-state index in [-0.39, 0.29) is 5.12 Å². The highest BCUT2D eigenvalue weighted by Gasteiger charge is 2.18. The molecule has 1 aliphatic rings. The van der Waals surface area contributed by atoms with E-state index in [9.17, 15) is 4.79 Å². The zero-order valence-corrected chi connectivity index (χ0v) is 13.5. The highest BCUT2D eigenvalue weighted by molar-refractivity contribution is 8.19. The van der Waals surface area contributed by atoms with E-state index >= 15 is 0 Å². The van der Waals surface area contributed by atoms with E-state index in [1.165, 1.54) is 40.8 Å². The quantitative estimate of drug-likeness (QED) is 0.493. The number of thioether (sulfide) groups is 4. The summed E-state index contributed by atoms with van der Waals surface area (Å²) in [5.74, 6) is 3.43. The van der Waals surface area contributed by atoms with E-state index < -0.39 is 0 Å². The topological polar surface area (TPSA) is 17.1 Å². The second kappa shape index (κ2) is 9.70. The minimum absolute atomic E-state index is 0.0995. The third kappa shape index (κ3) is 7.75. The van der Waals surface area contributed by atoms with Crippen LogP contribution >= 0.6 is 47.0 Å². The second-order valence-electron chi connectivity index (χ2n) is 3.92. The molecular weight excluding hydrogens is 288 g/mol. The van der Waals surface area contributed by atoms with Crippen LogP contribution in [0.25, 0.3) is 0 Å². The average Bonchev–Trinajstić information content (AvgIpc) is 2.81. The molecule has 5 heteroatoms. The molecule has 17 heavy (non-hydrogen) atoms. The van der Waals surface area contributed by atoms with Crippen molar-refractivity contribution in [1.29, 1.82) is 0 Å². The summed E-state index contributed by atoms with van der Waals surface area (Å²) in [6, 6.07) is 0. The molecule has 0 N–H and O–H groups in total. The van der Waals surface area contributed by atoms with Crippen molar-refractivity contribution in [2.45, 2.75) is 30.3 Å². The summed E-state index contributed by atoms with van der Waals surface area (Å²) in [5.41, 5.74) is 0. The number of hydrogen-bond donors (Lipinski definition) is 0. The first-order valence-corrected chi connectivity index (χ1v) is 10.1. The standard InChI is InChI=1S/C12H20OS4/c1-3-12(13)16-6-4-5-15-10(2)7-11-8-14-9-17-11/h3,10-11H,1,4-9H2,2H3. The summed E-state index contributed by atoms with van der Waals surface area (Å²) >= 11 is 7.61. The molecule has 0 bridgehead atoms. The maximum Gasteiger partial charge on any atom is 0.211 e. The van der Waals surface area contributed by atoms with Crippen LogP contribution in [0.1, 0.15) is 19.8 Å². The molecule has 1 aliphatic heterocycles. The smallest absolute Gasteiger partial charge is 0.211 e. The summed E-state index contributed by atoms with van der Waals surface area (Å²) in [6.07, 6.45) is 3.85. The summed E-state index contributed by atoms with van der Waals surface area (Å²) < 4.78 is 0. The van der Waals surface area contributed by atoms with Crippen LogP contribution in [0.4, 0.5) is 0 Å². The maximum atomic E-state index is 11.0. The molecule has 0 aromatic rings. The lowest BCUT2D eigenvalue weighted by atomic mass is 10.3. The Kier molecular flexibility index (Phi) is 9.06. The van der Waals surface area contributed by atoms with Crippen LogP contribution in [0.2, 0.25) is 0 Å². The lowest BCUT2D eigenvalue weighted by Gasteiger charge is -2.14. The van der Waals surface area contributed by atoms with Gasteiger partial charge in [-0.25, -0.2) is 0 Å². The highest BCUT2D eigenvalue weighted by atomic mass is 32.2. The van der Waals surface area contributed by atoms with E-state index in [4.69, 9.17) is 0 Å². The van der Waals surface area contributed by atoms with E-state index in [2.05, 4.69) is 37.0 Å². The number of rotatable bonds is 8. The van der Waals surface area contributed by atoms with Crippen molar-refractivity contribution in [3.05, 3.63) is 12.7 Å². The molecule has 0 aromatic carbocycles. The molecule has 0 aromatic heterocycles. The molecule has 2 unspecified atom stereocenters. The normalized spacial score (nSPS) is 21.4. The Hall–Kier alpha value is 0.810. The summed E-state index contributed by atoms with van der Waals surface area (Å²) in [5, 5.41) is 3.01. The Morgan fingerprint density at radius 2 is 2.41 bits per heavy atom. The van der Waals surface area contributed by atoms with Gasteiger partial charge in [0.25, 0.3) is 0 Å². The minimum atomic E-state index is 0.0995. The molecule has 0 spiro atoms. The first-order valence-electron chi connectivity index (χ1n) is 5.82. The largest absolute Gasteiger partial charge is 0.282 e. The molecule has 0 radical (unpaired) electrons. The molecule has 1 heterocycles. The van der Waals surface area contributed by atoms with Crippen LogP contribution < -0.4 is 0 Å². The van der Waals surface area contributed by atoms with Gasteiger partial charge in [-0.2, -0.15) is 11.8 Å². The highest BCUT2D eigenvalue weighted by Crippen LogP contribution is 2.34. The first kappa shape index (κ1) is 15.9. The van der Waals surface area contributed by atoms with Gasteiger partial charge in [-0.1, -0.05) is 25.3 Å². The molecule has 1 saturated heterocycles. The van der Waals surface area contributed by atoms with Crippen LogP contribution in [0.3, 0.4) is 0 Å². The lowest BCUT2D eigenvalue weighted by Crippen LogP contribution is -2.10. The molecule has 98 valence electrons. The van der Waals surface area contributed by atoms with Crippen molar-refractivity contribution in [2.24, 2.45) is 0 Å². The zero-order chi connectivity index (χ0) is 12.5. The fourth-order valence-electron chi connectivity index (χ4n) is 1.52. The van der Waals surface area contributed by atoms with Gasteiger partial charge in [-0.15, -0.1) is 23.5 Å². The van der Waals surface area contributed by atoms with Crippen LogP contribution in [0, 0.1) is 0 Å². The fourth-order valence-corrected chi connectivity index (χ4v) is 6.55. The van der Waals surface area contributed by atoms with Crippen molar-refractivity contribution in [3.63, 3.8) is 0 Å². The van der Waals surface area contributed by atoms with Crippen molar-refractivity contribution in [1.82, 2.24) is 0 Å². The minimum Gasteiger partial charge on any atom is -0.282 e. The van der Waals surface area contributed by atoms with Crippen LogP contribution in [0.5, 0.6) is 0 Å². The van der Waals surface area contributed by atoms with Gasteiger partial charge in [0, 0.05) is 27.1 Å². The molecule has 1 nitrogen and oxygen atoms in total. The molecule has 0 aliphatic carbocycles. The Morgan fingerprint density at radius 3 is 3.06 bits per heavy atom. The summed E-state index contributed by atoms with van der Waals surface area (Å²) in [6.45, 7) is 5.79. The zero-order valence-electron chi connectivity index (χ0n) is 10.2. The number of carbonyl (C=O) groups excluding carboxylic acids is 1. The van der Waals surface area contributed by atoms with Gasteiger partial charge in [0.15, 0.2) is 0 Å². The van der Waals surface area contributed by atoms with Crippen LogP contribution in [-0.2, 0) is 4.79 Å². The average molecular weight is 309 g/mol. The molecule has 1 rings (SSSR count). The maximum absolute atomic E-state index is 11.0. The Bertz CT molecular complexity index is 239. The van der Waals surface area contributed by atoms with Gasteiger partial charge in [-0.05, 0) is 24.7 Å². The third-order valence-electron chi connectivity index (χ3n) is 2.39. The van der Waals surface area contributed by atoms with Gasteiger partial charge in [0.05, 0.1) is 0 Å². The molecule has 1 fully saturated rings. The molecule has 0 saturated carbocycles. The summed E-state index contributed by atoms with van der Waals surface area (Å²) in [4.78, 5) is 11.0. The van der Waals surface area contributed by atoms with E-state index in [1.54, 1.807) is 0 Å². The van der Waals surface area contributed by atoms with E-state index in [0.717, 1.165) is 22.7 Å². The van der Waals surface area contributed by atoms with Crippen LogP contribution in [-0.4, -0.2) is 38.0 Å². The molecular formula is C12H20OS4. The summed E-state index contributed by atoms with van der Waals surface area (Å²) in [7, 11) is 0. The first-order chi connectivity index (χ1) is 8.22. The van der Waals surface area contributed by atoms with Gasteiger partial charge in [0.2, 0.25) is 5.12 Å². The van der Waals surface area contributed by atoms with Gasteiger partial charge < -0.3 is 0 Å². The number of hydrogen-bond acceptors (Lipinski definition) is 5. The van der Waals surface area contributed by atoms with Gasteiger partial charge >= 0.3 is 0 Å². The number of carbonyl (C=O) groups is 1. The predicted octanol–water partition coefficient (Wildman–Crippen LogP) is 4.14. The van der Waals surface area contributed by atoms with Crippen molar-refractivity contribution in [2.75, 3.05) is 22.3 Å².